The number of nitrogens with one attached hydrogen (secondary N) is 1. The predicted molar refractivity (Wildman–Crippen MR) is 85.7 cm³/mol. The summed E-state index contributed by atoms with van der Waals surface area (Å²) in [6.07, 6.45) is 3.90. The van der Waals surface area contributed by atoms with Gasteiger partial charge in [-0.15, -0.1) is 0 Å². The fraction of sp³-hybridized carbons (Fsp3) is 0.333. The Labute approximate surface area is 137 Å². The van der Waals surface area contributed by atoms with Gasteiger partial charge in [0.15, 0.2) is 0 Å². The second-order valence-electron chi connectivity index (χ2n) is 5.61. The average Bonchev–Trinajstić information content (AvgIpc) is 3.26. The van der Waals surface area contributed by atoms with Crippen LogP contribution in [0.1, 0.15) is 36.2 Å². The molecule has 1 aliphatic carbocycles. The highest BCUT2D eigenvalue weighted by Gasteiger charge is 2.31. The van der Waals surface area contributed by atoms with Gasteiger partial charge in [0.2, 0.25) is 0 Å². The molecule has 1 aromatic heterocycles. The van der Waals surface area contributed by atoms with Crippen molar-refractivity contribution < 1.29 is 9.72 Å². The van der Waals surface area contributed by atoms with Gasteiger partial charge in [0.05, 0.1) is 17.2 Å². The van der Waals surface area contributed by atoms with Gasteiger partial charge in [-0.05, 0) is 37.8 Å². The maximum atomic E-state index is 12.4. The van der Waals surface area contributed by atoms with E-state index in [1.54, 1.807) is 16.9 Å². The molecule has 23 heavy (non-hydrogen) atoms. The number of amides is 1. The molecule has 1 heterocycles. The van der Waals surface area contributed by atoms with E-state index in [2.05, 4.69) is 10.4 Å². The number of nitro groups is 1. The van der Waals surface area contributed by atoms with Crippen molar-refractivity contribution in [3.63, 3.8) is 0 Å². The van der Waals surface area contributed by atoms with Crippen LogP contribution in [0.3, 0.4) is 0 Å². The second kappa shape index (κ2) is 6.00. The van der Waals surface area contributed by atoms with Gasteiger partial charge in [0, 0.05) is 17.2 Å². The van der Waals surface area contributed by atoms with Crippen LogP contribution in [0.5, 0.6) is 0 Å². The minimum Gasteiger partial charge on any atom is -0.307 e. The third-order valence-electron chi connectivity index (χ3n) is 4.00. The molecule has 3 rings (SSSR count). The number of aromatic nitrogens is 2. The fourth-order valence-corrected chi connectivity index (χ4v) is 2.71. The van der Waals surface area contributed by atoms with Gasteiger partial charge in [-0.2, -0.15) is 5.10 Å². The first-order valence-electron chi connectivity index (χ1n) is 7.26. The fourth-order valence-electron chi connectivity index (χ4n) is 2.55. The number of nitrogens with zero attached hydrogens (tertiary/aromatic N) is 3. The molecule has 8 heteroatoms. The largest absolute Gasteiger partial charge is 0.307 e. The van der Waals surface area contributed by atoms with E-state index < -0.39 is 10.8 Å². The van der Waals surface area contributed by atoms with Crippen LogP contribution in [0.15, 0.2) is 30.5 Å². The maximum absolute atomic E-state index is 12.4. The van der Waals surface area contributed by atoms with Crippen molar-refractivity contribution in [1.29, 1.82) is 0 Å². The van der Waals surface area contributed by atoms with Gasteiger partial charge in [0.25, 0.3) is 11.6 Å². The Morgan fingerprint density at radius 1 is 1.48 bits per heavy atom. The molecule has 1 atom stereocenters. The molecule has 0 spiro atoms. The lowest BCUT2D eigenvalue weighted by atomic mass is 10.1. The van der Waals surface area contributed by atoms with Crippen molar-refractivity contribution in [3.05, 3.63) is 51.2 Å². The zero-order chi connectivity index (χ0) is 16.6. The number of carbonyl (C=O) groups is 1. The zero-order valence-corrected chi connectivity index (χ0v) is 13.2. The molecule has 0 saturated heterocycles. The molecule has 0 radical (unpaired) electrons. The lowest BCUT2D eigenvalue weighted by molar-refractivity contribution is -0.385. The first-order valence-corrected chi connectivity index (χ1v) is 7.64. The van der Waals surface area contributed by atoms with Gasteiger partial charge in [0.1, 0.15) is 11.4 Å². The van der Waals surface area contributed by atoms with E-state index >= 15 is 0 Å². The van der Waals surface area contributed by atoms with E-state index in [-0.39, 0.29) is 22.3 Å². The van der Waals surface area contributed by atoms with Crippen molar-refractivity contribution >= 4 is 29.0 Å². The third kappa shape index (κ3) is 3.19. The summed E-state index contributed by atoms with van der Waals surface area (Å²) < 4.78 is 1.75. The smallest absolute Gasteiger partial charge is 0.283 e. The van der Waals surface area contributed by atoms with Crippen molar-refractivity contribution in [1.82, 2.24) is 9.78 Å². The molecule has 1 unspecified atom stereocenters. The Morgan fingerprint density at radius 3 is 2.87 bits per heavy atom. The minimum atomic E-state index is -0.620. The van der Waals surface area contributed by atoms with Crippen LogP contribution in [0.2, 0.25) is 5.02 Å². The molecule has 1 N–H and O–H groups in total. The van der Waals surface area contributed by atoms with Gasteiger partial charge in [-0.25, -0.2) is 4.68 Å². The normalized spacial score (nSPS) is 15.2. The lowest BCUT2D eigenvalue weighted by Gasteiger charge is -2.15. The van der Waals surface area contributed by atoms with Crippen LogP contribution in [-0.4, -0.2) is 20.6 Å². The minimum absolute atomic E-state index is 0.0359. The first-order chi connectivity index (χ1) is 11.0. The number of benzene rings is 1. The number of carbonyl (C=O) groups excluding carboxylic acids is 1. The van der Waals surface area contributed by atoms with E-state index in [4.69, 9.17) is 11.6 Å². The van der Waals surface area contributed by atoms with Crippen LogP contribution in [0, 0.1) is 16.0 Å². The van der Waals surface area contributed by atoms with E-state index in [1.165, 1.54) is 18.2 Å². The maximum Gasteiger partial charge on any atom is 0.283 e. The molecule has 7 nitrogen and oxygen atoms in total. The summed E-state index contributed by atoms with van der Waals surface area (Å²) in [5, 5.41) is 18.3. The molecule has 1 aromatic carbocycles. The van der Waals surface area contributed by atoms with Crippen molar-refractivity contribution in [3.8, 4) is 0 Å². The van der Waals surface area contributed by atoms with Crippen molar-refractivity contribution in [2.45, 2.75) is 25.8 Å². The highest BCUT2D eigenvalue weighted by Crippen LogP contribution is 2.40. The summed E-state index contributed by atoms with van der Waals surface area (Å²) in [7, 11) is 0. The number of rotatable bonds is 5. The van der Waals surface area contributed by atoms with Crippen molar-refractivity contribution in [2.75, 3.05) is 5.32 Å². The second-order valence-corrected chi connectivity index (χ2v) is 6.05. The molecular weight excluding hydrogens is 320 g/mol. The third-order valence-corrected chi connectivity index (χ3v) is 4.24. The molecule has 1 fully saturated rings. The predicted octanol–water partition coefficient (Wildman–Crippen LogP) is 3.67. The number of anilines is 1. The standard InChI is InChI=1S/C15H15ClN4O3/c1-9(10-2-3-10)19-14(6-7-17-19)18-15(21)12-5-4-11(16)8-13(12)20(22)23/h4-10H,2-3H2,1H3,(H,18,21). The zero-order valence-electron chi connectivity index (χ0n) is 12.4. The van der Waals surface area contributed by atoms with Gasteiger partial charge in [-0.3, -0.25) is 14.9 Å². The lowest BCUT2D eigenvalue weighted by Crippen LogP contribution is -2.19. The van der Waals surface area contributed by atoms with Crippen LogP contribution in [0.4, 0.5) is 11.5 Å². The molecule has 1 aliphatic rings. The van der Waals surface area contributed by atoms with Crippen LogP contribution in [0.25, 0.3) is 0 Å². The van der Waals surface area contributed by atoms with Crippen molar-refractivity contribution in [2.24, 2.45) is 5.92 Å². The van der Waals surface area contributed by atoms with E-state index in [0.29, 0.717) is 11.7 Å². The number of hydrogen-bond acceptors (Lipinski definition) is 4. The summed E-state index contributed by atoms with van der Waals surface area (Å²) in [4.78, 5) is 22.9. The number of hydrogen-bond donors (Lipinski definition) is 1. The molecule has 0 bridgehead atoms. The van der Waals surface area contributed by atoms with E-state index in [1.807, 2.05) is 6.92 Å². The first kappa shape index (κ1) is 15.5. The summed E-state index contributed by atoms with van der Waals surface area (Å²) in [5.41, 5.74) is -0.359. The Balaban J connectivity index is 1.86. The molecule has 120 valence electrons. The Hall–Kier alpha value is -2.41. The van der Waals surface area contributed by atoms with Crippen LogP contribution in [-0.2, 0) is 0 Å². The summed E-state index contributed by atoms with van der Waals surface area (Å²) in [5.74, 6) is 0.534. The quantitative estimate of drug-likeness (QED) is 0.667. The molecule has 2 aromatic rings. The van der Waals surface area contributed by atoms with Gasteiger partial charge in [-0.1, -0.05) is 11.6 Å². The Bertz CT molecular complexity index is 770. The van der Waals surface area contributed by atoms with Crippen LogP contribution >= 0.6 is 11.6 Å². The highest BCUT2D eigenvalue weighted by molar-refractivity contribution is 6.31. The monoisotopic (exact) mass is 334 g/mol. The summed E-state index contributed by atoms with van der Waals surface area (Å²) in [6, 6.07) is 5.83. The van der Waals surface area contributed by atoms with E-state index in [0.717, 1.165) is 12.8 Å². The topological polar surface area (TPSA) is 90.1 Å². The molecule has 0 aliphatic heterocycles. The molecule has 1 amide bonds. The number of nitro benzene ring substituents is 1. The Morgan fingerprint density at radius 2 is 2.22 bits per heavy atom. The number of halogens is 1. The summed E-state index contributed by atoms with van der Waals surface area (Å²) in [6.45, 7) is 2.05. The van der Waals surface area contributed by atoms with Crippen LogP contribution < -0.4 is 5.32 Å². The molecule has 1 saturated carbocycles. The molecular formula is C15H15ClN4O3. The average molecular weight is 335 g/mol. The Kier molecular flexibility index (Phi) is 4.04. The summed E-state index contributed by atoms with van der Waals surface area (Å²) >= 11 is 5.77. The highest BCUT2D eigenvalue weighted by atomic mass is 35.5. The van der Waals surface area contributed by atoms with E-state index in [9.17, 15) is 14.9 Å². The SMILES string of the molecule is CC(C1CC1)n1nccc1NC(=O)c1ccc(Cl)cc1[N+](=O)[O-]. The van der Waals surface area contributed by atoms with Gasteiger partial charge >= 0.3 is 0 Å². The van der Waals surface area contributed by atoms with Gasteiger partial charge < -0.3 is 5.32 Å².